The molecule has 2 fully saturated rings. The molecular formula is C14H27NO. The van der Waals surface area contributed by atoms with E-state index in [4.69, 9.17) is 4.74 Å². The maximum Gasteiger partial charge on any atom is 0.0835 e. The predicted octanol–water partition coefficient (Wildman–Crippen LogP) is 3.11. The molecule has 0 aromatic rings. The van der Waals surface area contributed by atoms with Crippen LogP contribution in [0.4, 0.5) is 0 Å². The zero-order valence-electron chi connectivity index (χ0n) is 10.9. The van der Waals surface area contributed by atoms with Crippen LogP contribution >= 0.6 is 0 Å². The average Bonchev–Trinajstić information content (AvgIpc) is 2.33. The molecule has 16 heavy (non-hydrogen) atoms. The van der Waals surface area contributed by atoms with Crippen molar-refractivity contribution in [2.24, 2.45) is 5.92 Å². The summed E-state index contributed by atoms with van der Waals surface area (Å²) in [5.41, 5.74) is 0.194. The van der Waals surface area contributed by atoms with Gasteiger partial charge in [-0.3, -0.25) is 0 Å². The molecule has 2 rings (SSSR count). The van der Waals surface area contributed by atoms with E-state index in [-0.39, 0.29) is 5.60 Å². The van der Waals surface area contributed by atoms with Gasteiger partial charge in [0.2, 0.25) is 0 Å². The fraction of sp³-hybridized carbons (Fsp3) is 1.00. The zero-order chi connectivity index (χ0) is 11.4. The molecule has 0 amide bonds. The molecule has 1 saturated carbocycles. The van der Waals surface area contributed by atoms with Gasteiger partial charge in [0.1, 0.15) is 0 Å². The van der Waals surface area contributed by atoms with Crippen molar-refractivity contribution in [2.75, 3.05) is 13.2 Å². The number of nitrogens with one attached hydrogen (secondary N) is 1. The van der Waals surface area contributed by atoms with Crippen molar-refractivity contribution in [1.82, 2.24) is 5.32 Å². The van der Waals surface area contributed by atoms with Crippen LogP contribution in [0.25, 0.3) is 0 Å². The Bertz CT molecular complexity index is 203. The van der Waals surface area contributed by atoms with Gasteiger partial charge in [-0.2, -0.15) is 0 Å². The first-order valence-electron chi connectivity index (χ1n) is 7.14. The molecule has 2 nitrogen and oxygen atoms in total. The minimum absolute atomic E-state index is 0.194. The van der Waals surface area contributed by atoms with Crippen molar-refractivity contribution in [3.63, 3.8) is 0 Å². The third-order valence-corrected chi connectivity index (χ3v) is 4.55. The highest BCUT2D eigenvalue weighted by Crippen LogP contribution is 2.38. The molecule has 0 aromatic carbocycles. The SMILES string of the molecule is CCC(C)CC1NCCOC12CCCCC2. The normalized spacial score (nSPS) is 31.5. The Kier molecular flexibility index (Phi) is 4.26. The van der Waals surface area contributed by atoms with E-state index in [1.165, 1.54) is 44.9 Å². The fourth-order valence-electron chi connectivity index (χ4n) is 3.28. The summed E-state index contributed by atoms with van der Waals surface area (Å²) in [7, 11) is 0. The minimum Gasteiger partial charge on any atom is -0.372 e. The quantitative estimate of drug-likeness (QED) is 0.797. The summed E-state index contributed by atoms with van der Waals surface area (Å²) in [5, 5.41) is 3.72. The van der Waals surface area contributed by atoms with Crippen LogP contribution in [0, 0.1) is 5.92 Å². The van der Waals surface area contributed by atoms with E-state index in [2.05, 4.69) is 19.2 Å². The number of rotatable bonds is 3. The molecule has 1 spiro atoms. The van der Waals surface area contributed by atoms with Gasteiger partial charge in [-0.15, -0.1) is 0 Å². The Morgan fingerprint density at radius 2 is 2.06 bits per heavy atom. The molecule has 0 bridgehead atoms. The van der Waals surface area contributed by atoms with Gasteiger partial charge in [0.05, 0.1) is 12.2 Å². The summed E-state index contributed by atoms with van der Waals surface area (Å²) in [6.07, 6.45) is 9.26. The molecule has 2 aliphatic rings. The standard InChI is InChI=1S/C14H27NO/c1-3-12(2)11-13-14(16-10-9-15-13)7-5-4-6-8-14/h12-13,15H,3-11H2,1-2H3. The van der Waals surface area contributed by atoms with Gasteiger partial charge in [-0.05, 0) is 25.2 Å². The van der Waals surface area contributed by atoms with Crippen molar-refractivity contribution < 1.29 is 4.74 Å². The van der Waals surface area contributed by atoms with Crippen molar-refractivity contribution >= 4 is 0 Å². The van der Waals surface area contributed by atoms with Gasteiger partial charge in [-0.1, -0.05) is 39.5 Å². The van der Waals surface area contributed by atoms with E-state index in [0.717, 1.165) is 19.1 Å². The van der Waals surface area contributed by atoms with Crippen molar-refractivity contribution in [3.05, 3.63) is 0 Å². The Morgan fingerprint density at radius 1 is 1.31 bits per heavy atom. The molecule has 1 saturated heterocycles. The van der Waals surface area contributed by atoms with Crippen LogP contribution < -0.4 is 5.32 Å². The van der Waals surface area contributed by atoms with Crippen LogP contribution in [-0.4, -0.2) is 24.8 Å². The van der Waals surface area contributed by atoms with E-state index in [9.17, 15) is 0 Å². The van der Waals surface area contributed by atoms with Gasteiger partial charge >= 0.3 is 0 Å². The Morgan fingerprint density at radius 3 is 2.75 bits per heavy atom. The van der Waals surface area contributed by atoms with Crippen molar-refractivity contribution in [3.8, 4) is 0 Å². The van der Waals surface area contributed by atoms with E-state index >= 15 is 0 Å². The predicted molar refractivity (Wildman–Crippen MR) is 67.6 cm³/mol. The van der Waals surface area contributed by atoms with Gasteiger partial charge in [0.15, 0.2) is 0 Å². The van der Waals surface area contributed by atoms with Gasteiger partial charge in [-0.25, -0.2) is 0 Å². The summed E-state index contributed by atoms with van der Waals surface area (Å²) in [6.45, 7) is 6.62. The highest BCUT2D eigenvalue weighted by Gasteiger charge is 2.42. The summed E-state index contributed by atoms with van der Waals surface area (Å²) in [4.78, 5) is 0. The second-order valence-electron chi connectivity index (χ2n) is 5.73. The highest BCUT2D eigenvalue weighted by molar-refractivity contribution is 4.98. The van der Waals surface area contributed by atoms with Gasteiger partial charge in [0.25, 0.3) is 0 Å². The third kappa shape index (κ3) is 2.60. The number of ether oxygens (including phenoxy) is 1. The minimum atomic E-state index is 0.194. The topological polar surface area (TPSA) is 21.3 Å². The average molecular weight is 225 g/mol. The maximum atomic E-state index is 6.20. The van der Waals surface area contributed by atoms with Gasteiger partial charge < -0.3 is 10.1 Å². The zero-order valence-corrected chi connectivity index (χ0v) is 10.9. The molecule has 2 heteroatoms. The Balaban J connectivity index is 2.00. The first-order chi connectivity index (χ1) is 7.77. The lowest BCUT2D eigenvalue weighted by Crippen LogP contribution is -2.59. The van der Waals surface area contributed by atoms with E-state index in [1.54, 1.807) is 0 Å². The van der Waals surface area contributed by atoms with E-state index < -0.39 is 0 Å². The molecule has 1 aliphatic carbocycles. The molecular weight excluding hydrogens is 198 g/mol. The van der Waals surface area contributed by atoms with Crippen LogP contribution in [0.2, 0.25) is 0 Å². The third-order valence-electron chi connectivity index (χ3n) is 4.55. The lowest BCUT2D eigenvalue weighted by molar-refractivity contribution is -0.121. The highest BCUT2D eigenvalue weighted by atomic mass is 16.5. The number of hydrogen-bond acceptors (Lipinski definition) is 2. The molecule has 2 atom stereocenters. The van der Waals surface area contributed by atoms with Crippen molar-refractivity contribution in [2.45, 2.75) is 70.4 Å². The summed E-state index contributed by atoms with van der Waals surface area (Å²) in [5.74, 6) is 0.818. The second kappa shape index (κ2) is 5.50. The molecule has 1 heterocycles. The Labute approximate surface area is 100 Å². The molecule has 2 unspecified atom stereocenters. The van der Waals surface area contributed by atoms with Crippen LogP contribution in [-0.2, 0) is 4.74 Å². The largest absolute Gasteiger partial charge is 0.372 e. The fourth-order valence-corrected chi connectivity index (χ4v) is 3.28. The molecule has 0 radical (unpaired) electrons. The molecule has 94 valence electrons. The number of hydrogen-bond donors (Lipinski definition) is 1. The van der Waals surface area contributed by atoms with Crippen LogP contribution in [0.3, 0.4) is 0 Å². The summed E-state index contributed by atoms with van der Waals surface area (Å²) < 4.78 is 6.20. The van der Waals surface area contributed by atoms with E-state index in [1.807, 2.05) is 0 Å². The Hall–Kier alpha value is -0.0800. The number of morpholine rings is 1. The smallest absolute Gasteiger partial charge is 0.0835 e. The maximum absolute atomic E-state index is 6.20. The van der Waals surface area contributed by atoms with E-state index in [0.29, 0.717) is 6.04 Å². The lowest BCUT2D eigenvalue weighted by Gasteiger charge is -2.47. The summed E-state index contributed by atoms with van der Waals surface area (Å²) in [6, 6.07) is 0.608. The van der Waals surface area contributed by atoms with Gasteiger partial charge in [0, 0.05) is 12.6 Å². The summed E-state index contributed by atoms with van der Waals surface area (Å²) >= 11 is 0. The molecule has 1 aliphatic heterocycles. The van der Waals surface area contributed by atoms with Crippen LogP contribution in [0.1, 0.15) is 58.8 Å². The molecule has 0 aromatic heterocycles. The van der Waals surface area contributed by atoms with Crippen molar-refractivity contribution in [1.29, 1.82) is 0 Å². The lowest BCUT2D eigenvalue weighted by atomic mass is 9.75. The second-order valence-corrected chi connectivity index (χ2v) is 5.73. The first-order valence-corrected chi connectivity index (χ1v) is 7.14. The molecule has 1 N–H and O–H groups in total. The first kappa shape index (κ1) is 12.4. The van der Waals surface area contributed by atoms with Crippen LogP contribution in [0.15, 0.2) is 0 Å². The van der Waals surface area contributed by atoms with Crippen LogP contribution in [0.5, 0.6) is 0 Å². The monoisotopic (exact) mass is 225 g/mol.